The van der Waals surface area contributed by atoms with Crippen LogP contribution in [0.3, 0.4) is 0 Å². The molecule has 1 aromatic carbocycles. The van der Waals surface area contributed by atoms with Gasteiger partial charge in [0.2, 0.25) is 0 Å². The van der Waals surface area contributed by atoms with E-state index in [2.05, 4.69) is 23.9 Å². The first-order valence-electron chi connectivity index (χ1n) is 5.70. The second-order valence-corrected chi connectivity index (χ2v) is 4.08. The number of ether oxygens (including phenoxy) is 1. The smallest absolute Gasteiger partial charge is 0.340 e. The Morgan fingerprint density at radius 2 is 2.24 bits per heavy atom. The highest BCUT2D eigenvalue weighted by Crippen LogP contribution is 2.16. The fourth-order valence-corrected chi connectivity index (χ4v) is 1.34. The van der Waals surface area contributed by atoms with Gasteiger partial charge in [-0.15, -0.1) is 0 Å². The van der Waals surface area contributed by atoms with Crippen molar-refractivity contribution in [2.75, 3.05) is 19.0 Å². The molecule has 0 saturated carbocycles. The van der Waals surface area contributed by atoms with E-state index in [4.69, 9.17) is 0 Å². The van der Waals surface area contributed by atoms with Crippen molar-refractivity contribution < 1.29 is 13.9 Å². The normalized spacial score (nSPS) is 12.0. The van der Waals surface area contributed by atoms with Gasteiger partial charge in [-0.2, -0.15) is 0 Å². The highest BCUT2D eigenvalue weighted by molar-refractivity contribution is 5.90. The van der Waals surface area contributed by atoms with Crippen LogP contribution in [0, 0.1) is 11.7 Å². The number of nitrogens with one attached hydrogen (secondary N) is 1. The van der Waals surface area contributed by atoms with Crippen LogP contribution in [0.4, 0.5) is 10.1 Å². The van der Waals surface area contributed by atoms with Gasteiger partial charge in [-0.3, -0.25) is 0 Å². The van der Waals surface area contributed by atoms with Crippen LogP contribution in [0.25, 0.3) is 0 Å². The molecule has 1 unspecified atom stereocenters. The molecule has 1 atom stereocenters. The van der Waals surface area contributed by atoms with E-state index in [0.717, 1.165) is 18.7 Å². The standard InChI is InChI=1S/C13H18FNO2/c1-4-9(2)8-15-10-5-6-12(14)11(7-10)13(16)17-3/h5-7,9,15H,4,8H2,1-3H3. The SMILES string of the molecule is CCC(C)CNc1ccc(F)c(C(=O)OC)c1. The minimum absolute atomic E-state index is 0.0401. The molecule has 3 nitrogen and oxygen atoms in total. The number of rotatable bonds is 5. The Balaban J connectivity index is 2.78. The molecule has 0 heterocycles. The summed E-state index contributed by atoms with van der Waals surface area (Å²) in [4.78, 5) is 11.3. The average Bonchev–Trinajstić information content (AvgIpc) is 2.36. The van der Waals surface area contributed by atoms with Crippen molar-refractivity contribution in [1.82, 2.24) is 0 Å². The van der Waals surface area contributed by atoms with Crippen LogP contribution in [0.1, 0.15) is 30.6 Å². The molecule has 0 amide bonds. The molecule has 0 aliphatic carbocycles. The van der Waals surface area contributed by atoms with E-state index in [-0.39, 0.29) is 5.56 Å². The quantitative estimate of drug-likeness (QED) is 0.802. The van der Waals surface area contributed by atoms with Crippen LogP contribution < -0.4 is 5.32 Å². The molecule has 1 aromatic rings. The molecule has 0 spiro atoms. The van der Waals surface area contributed by atoms with Crippen molar-refractivity contribution in [1.29, 1.82) is 0 Å². The van der Waals surface area contributed by atoms with Crippen molar-refractivity contribution in [2.45, 2.75) is 20.3 Å². The van der Waals surface area contributed by atoms with Gasteiger partial charge in [0.15, 0.2) is 0 Å². The minimum atomic E-state index is -0.658. The van der Waals surface area contributed by atoms with Crippen LogP contribution in [-0.4, -0.2) is 19.6 Å². The summed E-state index contributed by atoms with van der Waals surface area (Å²) < 4.78 is 17.9. The second kappa shape index (κ2) is 6.23. The number of carbonyl (C=O) groups excluding carboxylic acids is 1. The summed E-state index contributed by atoms with van der Waals surface area (Å²) in [6, 6.07) is 4.36. The molecule has 0 aliphatic rings. The predicted octanol–water partition coefficient (Wildman–Crippen LogP) is 3.07. The third-order valence-electron chi connectivity index (χ3n) is 2.72. The lowest BCUT2D eigenvalue weighted by molar-refractivity contribution is 0.0595. The Labute approximate surface area is 101 Å². The zero-order chi connectivity index (χ0) is 12.8. The second-order valence-electron chi connectivity index (χ2n) is 4.08. The van der Waals surface area contributed by atoms with Crippen molar-refractivity contribution in [3.05, 3.63) is 29.6 Å². The lowest BCUT2D eigenvalue weighted by Crippen LogP contribution is -2.11. The zero-order valence-electron chi connectivity index (χ0n) is 10.4. The van der Waals surface area contributed by atoms with Gasteiger partial charge in [-0.25, -0.2) is 9.18 Å². The molecule has 94 valence electrons. The largest absolute Gasteiger partial charge is 0.465 e. The minimum Gasteiger partial charge on any atom is -0.465 e. The molecule has 0 saturated heterocycles. The van der Waals surface area contributed by atoms with Gasteiger partial charge < -0.3 is 10.1 Å². The molecule has 0 aromatic heterocycles. The number of anilines is 1. The third-order valence-corrected chi connectivity index (χ3v) is 2.72. The fourth-order valence-electron chi connectivity index (χ4n) is 1.34. The van der Waals surface area contributed by atoms with E-state index in [1.807, 2.05) is 0 Å². The van der Waals surface area contributed by atoms with Gasteiger partial charge in [0, 0.05) is 12.2 Å². The van der Waals surface area contributed by atoms with E-state index < -0.39 is 11.8 Å². The summed E-state index contributed by atoms with van der Waals surface area (Å²) >= 11 is 0. The molecular weight excluding hydrogens is 221 g/mol. The van der Waals surface area contributed by atoms with Crippen LogP contribution >= 0.6 is 0 Å². The maximum atomic E-state index is 13.3. The Kier molecular flexibility index (Phi) is 4.94. The number of carbonyl (C=O) groups is 1. The summed E-state index contributed by atoms with van der Waals surface area (Å²) in [6.45, 7) is 5.03. The first-order valence-corrected chi connectivity index (χ1v) is 5.70. The Hall–Kier alpha value is -1.58. The van der Waals surface area contributed by atoms with E-state index in [0.29, 0.717) is 5.92 Å². The van der Waals surface area contributed by atoms with E-state index in [9.17, 15) is 9.18 Å². The van der Waals surface area contributed by atoms with Gasteiger partial charge in [-0.05, 0) is 24.1 Å². The Morgan fingerprint density at radius 3 is 2.82 bits per heavy atom. The molecule has 17 heavy (non-hydrogen) atoms. The van der Waals surface area contributed by atoms with Crippen LogP contribution in [0.5, 0.6) is 0 Å². The van der Waals surface area contributed by atoms with Gasteiger partial charge in [-0.1, -0.05) is 20.3 Å². The van der Waals surface area contributed by atoms with Gasteiger partial charge in [0.1, 0.15) is 5.82 Å². The van der Waals surface area contributed by atoms with Gasteiger partial charge in [0.25, 0.3) is 0 Å². The Bertz CT molecular complexity index is 393. The number of hydrogen-bond donors (Lipinski definition) is 1. The number of halogens is 1. The van der Waals surface area contributed by atoms with E-state index in [1.165, 1.54) is 19.2 Å². The van der Waals surface area contributed by atoms with Crippen molar-refractivity contribution in [3.63, 3.8) is 0 Å². The summed E-state index contributed by atoms with van der Waals surface area (Å²) in [5.74, 6) is -0.692. The molecule has 1 rings (SSSR count). The summed E-state index contributed by atoms with van der Waals surface area (Å²) in [7, 11) is 1.24. The topological polar surface area (TPSA) is 38.3 Å². The third kappa shape index (κ3) is 3.73. The number of hydrogen-bond acceptors (Lipinski definition) is 3. The van der Waals surface area contributed by atoms with Crippen molar-refractivity contribution in [2.24, 2.45) is 5.92 Å². The molecular formula is C13H18FNO2. The number of benzene rings is 1. The summed E-state index contributed by atoms with van der Waals surface area (Å²) in [5, 5.41) is 3.17. The molecule has 0 fully saturated rings. The van der Waals surface area contributed by atoms with Gasteiger partial charge >= 0.3 is 5.97 Å². The molecule has 0 radical (unpaired) electrons. The average molecular weight is 239 g/mol. The molecule has 4 heteroatoms. The highest BCUT2D eigenvalue weighted by Gasteiger charge is 2.12. The zero-order valence-corrected chi connectivity index (χ0v) is 10.4. The lowest BCUT2D eigenvalue weighted by Gasteiger charge is -2.12. The number of methoxy groups -OCH3 is 1. The number of esters is 1. The summed E-state index contributed by atoms with van der Waals surface area (Å²) in [6.07, 6.45) is 1.07. The first kappa shape index (κ1) is 13.5. The van der Waals surface area contributed by atoms with Crippen molar-refractivity contribution >= 4 is 11.7 Å². The molecule has 0 bridgehead atoms. The van der Waals surface area contributed by atoms with Crippen molar-refractivity contribution in [3.8, 4) is 0 Å². The Morgan fingerprint density at radius 1 is 1.53 bits per heavy atom. The fraction of sp³-hybridized carbons (Fsp3) is 0.462. The molecule has 1 N–H and O–H groups in total. The van der Waals surface area contributed by atoms with E-state index >= 15 is 0 Å². The monoisotopic (exact) mass is 239 g/mol. The van der Waals surface area contributed by atoms with Crippen LogP contribution in [0.2, 0.25) is 0 Å². The van der Waals surface area contributed by atoms with Gasteiger partial charge in [0.05, 0.1) is 12.7 Å². The summed E-state index contributed by atoms with van der Waals surface area (Å²) in [5.41, 5.74) is 0.689. The predicted molar refractivity (Wildman–Crippen MR) is 65.7 cm³/mol. The maximum absolute atomic E-state index is 13.3. The van der Waals surface area contributed by atoms with E-state index in [1.54, 1.807) is 6.07 Å². The highest BCUT2D eigenvalue weighted by atomic mass is 19.1. The lowest BCUT2D eigenvalue weighted by atomic mass is 10.1. The first-order chi connectivity index (χ1) is 8.08. The van der Waals surface area contributed by atoms with Crippen LogP contribution in [-0.2, 0) is 4.74 Å². The maximum Gasteiger partial charge on any atom is 0.340 e. The van der Waals surface area contributed by atoms with Crippen LogP contribution in [0.15, 0.2) is 18.2 Å². The molecule has 0 aliphatic heterocycles.